The summed E-state index contributed by atoms with van der Waals surface area (Å²) in [5.74, 6) is 0.249. The second-order valence-corrected chi connectivity index (χ2v) is 5.47. The molecule has 3 nitrogen and oxygen atoms in total. The molecule has 7 heteroatoms. The molecule has 1 heterocycles. The fourth-order valence-electron chi connectivity index (χ4n) is 2.52. The van der Waals surface area contributed by atoms with Crippen molar-refractivity contribution in [2.75, 3.05) is 18.4 Å². The van der Waals surface area contributed by atoms with Gasteiger partial charge < -0.3 is 10.6 Å². The van der Waals surface area contributed by atoms with E-state index < -0.39 is 11.7 Å². The van der Waals surface area contributed by atoms with Crippen molar-refractivity contribution in [3.8, 4) is 0 Å². The molecule has 1 fully saturated rings. The first-order chi connectivity index (χ1) is 9.86. The number of carbonyl (C=O) groups is 1. The van der Waals surface area contributed by atoms with E-state index in [1.165, 1.54) is 19.1 Å². The van der Waals surface area contributed by atoms with E-state index in [-0.39, 0.29) is 29.6 Å². The Morgan fingerprint density at radius 2 is 2.14 bits per heavy atom. The van der Waals surface area contributed by atoms with Gasteiger partial charge >= 0.3 is 6.18 Å². The molecule has 1 aromatic rings. The van der Waals surface area contributed by atoms with Crippen LogP contribution in [0.4, 0.5) is 18.9 Å². The van der Waals surface area contributed by atoms with Crippen molar-refractivity contribution < 1.29 is 18.0 Å². The van der Waals surface area contributed by atoms with Gasteiger partial charge in [-0.15, -0.1) is 12.4 Å². The van der Waals surface area contributed by atoms with Crippen LogP contribution in [0, 0.1) is 12.8 Å². The predicted octanol–water partition coefficient (Wildman–Crippen LogP) is 3.76. The molecule has 0 radical (unpaired) electrons. The maximum absolute atomic E-state index is 12.8. The zero-order valence-corrected chi connectivity index (χ0v) is 13.1. The molecule has 1 atom stereocenters. The molecule has 2 rings (SSSR count). The number of benzene rings is 1. The number of carbonyl (C=O) groups excluding carboxylic acids is 1. The first-order valence-corrected chi connectivity index (χ1v) is 7.04. The number of alkyl halides is 3. The standard InChI is InChI=1S/C15H19F3N2O.ClH/c1-10-2-4-12(8-13(10)15(16,17)18)20-14(21)5-3-11-6-7-19-9-11;/h2,4,8,11,19H,3,5-7,9H2,1H3,(H,20,21);1H. The highest BCUT2D eigenvalue weighted by Gasteiger charge is 2.32. The van der Waals surface area contributed by atoms with E-state index in [2.05, 4.69) is 10.6 Å². The lowest BCUT2D eigenvalue weighted by Crippen LogP contribution is -2.16. The van der Waals surface area contributed by atoms with Crippen LogP contribution < -0.4 is 10.6 Å². The van der Waals surface area contributed by atoms with Gasteiger partial charge in [0.1, 0.15) is 0 Å². The lowest BCUT2D eigenvalue weighted by Gasteiger charge is -2.13. The van der Waals surface area contributed by atoms with Gasteiger partial charge in [0, 0.05) is 12.1 Å². The van der Waals surface area contributed by atoms with Crippen molar-refractivity contribution in [3.05, 3.63) is 29.3 Å². The van der Waals surface area contributed by atoms with Crippen molar-refractivity contribution in [3.63, 3.8) is 0 Å². The Hall–Kier alpha value is -1.27. The van der Waals surface area contributed by atoms with Gasteiger partial charge in [0.05, 0.1) is 5.56 Å². The number of hydrogen-bond donors (Lipinski definition) is 2. The summed E-state index contributed by atoms with van der Waals surface area (Å²) in [6.07, 6.45) is -2.26. The van der Waals surface area contributed by atoms with E-state index in [4.69, 9.17) is 0 Å². The Labute approximate surface area is 134 Å². The molecule has 1 aliphatic heterocycles. The Balaban J connectivity index is 0.00000242. The third kappa shape index (κ3) is 5.18. The van der Waals surface area contributed by atoms with Crippen molar-refractivity contribution >= 4 is 24.0 Å². The molecule has 1 saturated heterocycles. The summed E-state index contributed by atoms with van der Waals surface area (Å²) in [6.45, 7) is 3.29. The van der Waals surface area contributed by atoms with Gasteiger partial charge in [-0.25, -0.2) is 0 Å². The Morgan fingerprint density at radius 3 is 2.73 bits per heavy atom. The van der Waals surface area contributed by atoms with Gasteiger partial charge in [-0.05, 0) is 56.5 Å². The molecule has 124 valence electrons. The number of anilines is 1. The predicted molar refractivity (Wildman–Crippen MR) is 82.3 cm³/mol. The van der Waals surface area contributed by atoms with E-state index in [0.717, 1.165) is 32.0 Å². The molecule has 0 spiro atoms. The maximum Gasteiger partial charge on any atom is 0.416 e. The second kappa shape index (κ2) is 7.83. The Morgan fingerprint density at radius 1 is 1.41 bits per heavy atom. The minimum Gasteiger partial charge on any atom is -0.326 e. The number of amides is 1. The molecule has 22 heavy (non-hydrogen) atoms. The van der Waals surface area contributed by atoms with Gasteiger partial charge in [-0.1, -0.05) is 6.07 Å². The zero-order valence-electron chi connectivity index (χ0n) is 12.3. The van der Waals surface area contributed by atoms with Crippen LogP contribution in [-0.2, 0) is 11.0 Å². The SMILES string of the molecule is Cc1ccc(NC(=O)CCC2CCNC2)cc1C(F)(F)F.Cl. The van der Waals surface area contributed by atoms with Crippen LogP contribution >= 0.6 is 12.4 Å². The highest BCUT2D eigenvalue weighted by Crippen LogP contribution is 2.33. The molecule has 1 amide bonds. The molecule has 0 bridgehead atoms. The smallest absolute Gasteiger partial charge is 0.326 e. The average molecular weight is 337 g/mol. The minimum atomic E-state index is -4.40. The highest BCUT2D eigenvalue weighted by molar-refractivity contribution is 5.90. The molecule has 1 unspecified atom stereocenters. The summed E-state index contributed by atoms with van der Waals surface area (Å²) in [5.41, 5.74) is -0.361. The van der Waals surface area contributed by atoms with Gasteiger partial charge in [0.25, 0.3) is 0 Å². The third-order valence-electron chi connectivity index (χ3n) is 3.77. The fraction of sp³-hybridized carbons (Fsp3) is 0.533. The molecule has 2 N–H and O–H groups in total. The van der Waals surface area contributed by atoms with Crippen molar-refractivity contribution in [2.24, 2.45) is 5.92 Å². The Kier molecular flexibility index (Phi) is 6.68. The highest BCUT2D eigenvalue weighted by atomic mass is 35.5. The van der Waals surface area contributed by atoms with Gasteiger partial charge in [-0.3, -0.25) is 4.79 Å². The van der Waals surface area contributed by atoms with Crippen LogP contribution in [0.3, 0.4) is 0 Å². The van der Waals surface area contributed by atoms with E-state index in [1.54, 1.807) is 0 Å². The average Bonchev–Trinajstić information content (AvgIpc) is 2.90. The van der Waals surface area contributed by atoms with Crippen LogP contribution in [0.15, 0.2) is 18.2 Å². The van der Waals surface area contributed by atoms with Crippen LogP contribution in [-0.4, -0.2) is 19.0 Å². The van der Waals surface area contributed by atoms with E-state index >= 15 is 0 Å². The first-order valence-electron chi connectivity index (χ1n) is 7.04. The van der Waals surface area contributed by atoms with Crippen molar-refractivity contribution in [1.29, 1.82) is 0 Å². The topological polar surface area (TPSA) is 41.1 Å². The lowest BCUT2D eigenvalue weighted by atomic mass is 10.0. The van der Waals surface area contributed by atoms with Gasteiger partial charge in [0.15, 0.2) is 0 Å². The normalized spacial score (nSPS) is 17.9. The third-order valence-corrected chi connectivity index (χ3v) is 3.77. The summed E-state index contributed by atoms with van der Waals surface area (Å²) < 4.78 is 38.4. The minimum absolute atomic E-state index is 0. The van der Waals surface area contributed by atoms with Crippen LogP contribution in [0.5, 0.6) is 0 Å². The second-order valence-electron chi connectivity index (χ2n) is 5.47. The fourth-order valence-corrected chi connectivity index (χ4v) is 2.52. The summed E-state index contributed by atoms with van der Waals surface area (Å²) >= 11 is 0. The van der Waals surface area contributed by atoms with Crippen LogP contribution in [0.2, 0.25) is 0 Å². The van der Waals surface area contributed by atoms with Gasteiger partial charge in [-0.2, -0.15) is 13.2 Å². The van der Waals surface area contributed by atoms with E-state index in [9.17, 15) is 18.0 Å². The zero-order chi connectivity index (χ0) is 15.5. The number of nitrogens with one attached hydrogen (secondary N) is 2. The first kappa shape index (κ1) is 18.8. The summed E-state index contributed by atoms with van der Waals surface area (Å²) in [5, 5.41) is 5.77. The number of halogens is 4. The molecule has 0 saturated carbocycles. The number of rotatable bonds is 4. The summed E-state index contributed by atoms with van der Waals surface area (Å²) in [4.78, 5) is 11.8. The number of hydrogen-bond acceptors (Lipinski definition) is 2. The largest absolute Gasteiger partial charge is 0.416 e. The monoisotopic (exact) mass is 336 g/mol. The van der Waals surface area contributed by atoms with Crippen LogP contribution in [0.25, 0.3) is 0 Å². The Bertz CT molecular complexity index is 514. The van der Waals surface area contributed by atoms with Crippen LogP contribution in [0.1, 0.15) is 30.4 Å². The summed E-state index contributed by atoms with van der Waals surface area (Å²) in [7, 11) is 0. The molecule has 0 aromatic heterocycles. The van der Waals surface area contributed by atoms with E-state index in [0.29, 0.717) is 12.3 Å². The summed E-state index contributed by atoms with van der Waals surface area (Å²) in [6, 6.07) is 3.86. The van der Waals surface area contributed by atoms with Crippen molar-refractivity contribution in [2.45, 2.75) is 32.4 Å². The molecular formula is C15H20ClF3N2O. The van der Waals surface area contributed by atoms with Gasteiger partial charge in [0.2, 0.25) is 5.91 Å². The molecular weight excluding hydrogens is 317 g/mol. The molecule has 1 aliphatic rings. The lowest BCUT2D eigenvalue weighted by molar-refractivity contribution is -0.138. The molecule has 0 aliphatic carbocycles. The number of aryl methyl sites for hydroxylation is 1. The quantitative estimate of drug-likeness (QED) is 0.879. The maximum atomic E-state index is 12.8. The van der Waals surface area contributed by atoms with E-state index in [1.807, 2.05) is 0 Å². The van der Waals surface area contributed by atoms with Crippen molar-refractivity contribution in [1.82, 2.24) is 5.32 Å². The molecule has 1 aromatic carbocycles.